The highest BCUT2D eigenvalue weighted by atomic mass is 16.5. The number of carbonyl (C=O) groups excluding carboxylic acids is 3. The summed E-state index contributed by atoms with van der Waals surface area (Å²) in [5.41, 5.74) is 12.3. The minimum atomic E-state index is -0.985. The minimum Gasteiger partial charge on any atom is -0.461 e. The zero-order valence-corrected chi connectivity index (χ0v) is 17.6. The Morgan fingerprint density at radius 2 is 1.86 bits per heavy atom. The number of hydrogen-bond acceptors (Lipinski definition) is 5. The fraction of sp³-hybridized carbons (Fsp3) is 0.783. The van der Waals surface area contributed by atoms with E-state index >= 15 is 0 Å². The molecule has 160 valence electrons. The number of esters is 1. The number of nitrogens with two attached hydrogens (primary N) is 2. The number of fused-ring (bicyclic) bond motifs is 5. The van der Waals surface area contributed by atoms with Gasteiger partial charge in [0.25, 0.3) is 0 Å². The van der Waals surface area contributed by atoms with Gasteiger partial charge in [-0.3, -0.25) is 14.4 Å². The Bertz CT molecular complexity index is 762. The molecule has 0 aliphatic heterocycles. The van der Waals surface area contributed by atoms with Crippen LogP contribution < -0.4 is 11.5 Å². The third-order valence-electron chi connectivity index (χ3n) is 8.77. The lowest BCUT2D eigenvalue weighted by Crippen LogP contribution is -2.51. The molecule has 1 amide bonds. The van der Waals surface area contributed by atoms with Crippen LogP contribution in [0.3, 0.4) is 0 Å². The van der Waals surface area contributed by atoms with Crippen molar-refractivity contribution in [2.75, 3.05) is 0 Å². The third-order valence-corrected chi connectivity index (χ3v) is 8.77. The van der Waals surface area contributed by atoms with Crippen LogP contribution in [0.5, 0.6) is 0 Å². The number of ether oxygens (including phenoxy) is 1. The van der Waals surface area contributed by atoms with E-state index < -0.39 is 17.9 Å². The van der Waals surface area contributed by atoms with E-state index in [1.54, 1.807) is 0 Å². The van der Waals surface area contributed by atoms with E-state index in [0.29, 0.717) is 23.5 Å². The smallest absolute Gasteiger partial charge is 0.323 e. The van der Waals surface area contributed by atoms with Crippen LogP contribution in [-0.2, 0) is 19.1 Å². The van der Waals surface area contributed by atoms with Gasteiger partial charge in [0.05, 0.1) is 6.42 Å². The first-order valence-electron chi connectivity index (χ1n) is 11.1. The zero-order valence-electron chi connectivity index (χ0n) is 17.6. The van der Waals surface area contributed by atoms with Gasteiger partial charge in [-0.15, -0.1) is 0 Å². The fourth-order valence-corrected chi connectivity index (χ4v) is 7.05. The van der Waals surface area contributed by atoms with Crippen LogP contribution in [0.1, 0.15) is 71.6 Å². The first-order valence-corrected chi connectivity index (χ1v) is 11.1. The van der Waals surface area contributed by atoms with Crippen LogP contribution in [0.15, 0.2) is 11.6 Å². The molecule has 0 aromatic carbocycles. The van der Waals surface area contributed by atoms with E-state index in [0.717, 1.165) is 51.4 Å². The van der Waals surface area contributed by atoms with Crippen LogP contribution in [0, 0.1) is 28.6 Å². The predicted molar refractivity (Wildman–Crippen MR) is 108 cm³/mol. The Kier molecular flexibility index (Phi) is 5.12. The van der Waals surface area contributed by atoms with E-state index in [2.05, 4.69) is 19.9 Å². The molecule has 6 nitrogen and oxygen atoms in total. The standard InChI is InChI=1S/C23H34N2O4/c1-22-9-7-14(29-21(28)18(24)12-20(25)27)11-13(22)3-4-15-16-5-6-19(26)23(16,2)10-8-17(15)22/h3,14-18H,4-12,24H2,1-2H3,(H2,25,27)/t14-,15-,16-,17-,18-,22-,23-/m0/s1. The number of hydrogen-bond donors (Lipinski definition) is 2. The van der Waals surface area contributed by atoms with Crippen molar-refractivity contribution in [3.63, 3.8) is 0 Å². The maximum Gasteiger partial charge on any atom is 0.323 e. The molecular weight excluding hydrogens is 368 g/mol. The van der Waals surface area contributed by atoms with Crippen molar-refractivity contribution in [2.24, 2.45) is 40.1 Å². The first-order chi connectivity index (χ1) is 13.6. The Morgan fingerprint density at radius 1 is 1.17 bits per heavy atom. The van der Waals surface area contributed by atoms with Crippen LogP contribution in [0.4, 0.5) is 0 Å². The molecule has 29 heavy (non-hydrogen) atoms. The second kappa shape index (κ2) is 7.22. The first kappa shape index (κ1) is 20.6. The quantitative estimate of drug-likeness (QED) is 0.554. The molecule has 4 aliphatic rings. The number of amides is 1. The van der Waals surface area contributed by atoms with Crippen molar-refractivity contribution in [3.8, 4) is 0 Å². The number of primary amides is 1. The van der Waals surface area contributed by atoms with Crippen molar-refractivity contribution >= 4 is 17.7 Å². The molecule has 0 aromatic rings. The van der Waals surface area contributed by atoms with Crippen molar-refractivity contribution < 1.29 is 19.1 Å². The monoisotopic (exact) mass is 402 g/mol. The number of rotatable bonds is 4. The normalized spacial score (nSPS) is 42.2. The van der Waals surface area contributed by atoms with E-state index in [4.69, 9.17) is 16.2 Å². The van der Waals surface area contributed by atoms with Crippen molar-refractivity contribution in [3.05, 3.63) is 11.6 Å². The summed E-state index contributed by atoms with van der Waals surface area (Å²) < 4.78 is 5.63. The summed E-state index contributed by atoms with van der Waals surface area (Å²) in [5.74, 6) is 1.07. The average Bonchev–Trinajstić information content (AvgIpc) is 2.96. The van der Waals surface area contributed by atoms with Crippen LogP contribution in [-0.4, -0.2) is 29.8 Å². The molecule has 0 aromatic heterocycles. The second-order valence-corrected chi connectivity index (χ2v) is 10.3. The summed E-state index contributed by atoms with van der Waals surface area (Å²) >= 11 is 0. The maximum absolute atomic E-state index is 12.5. The highest BCUT2D eigenvalue weighted by Gasteiger charge is 2.58. The summed E-state index contributed by atoms with van der Waals surface area (Å²) in [7, 11) is 0. The molecule has 7 atom stereocenters. The lowest BCUT2D eigenvalue weighted by molar-refractivity contribution is -0.154. The van der Waals surface area contributed by atoms with E-state index in [1.807, 2.05) is 0 Å². The minimum absolute atomic E-state index is 0.105. The van der Waals surface area contributed by atoms with Crippen molar-refractivity contribution in [1.29, 1.82) is 0 Å². The van der Waals surface area contributed by atoms with Gasteiger partial charge in [-0.05, 0) is 61.7 Å². The summed E-state index contributed by atoms with van der Waals surface area (Å²) in [4.78, 5) is 35.7. The lowest BCUT2D eigenvalue weighted by Gasteiger charge is -2.56. The molecule has 0 saturated heterocycles. The van der Waals surface area contributed by atoms with Gasteiger partial charge in [0.15, 0.2) is 0 Å². The number of Topliss-reactive ketones (excluding diaryl/α,β-unsaturated/α-hetero) is 1. The topological polar surface area (TPSA) is 112 Å². The lowest BCUT2D eigenvalue weighted by atomic mass is 9.48. The molecule has 4 rings (SSSR count). The Hall–Kier alpha value is -1.69. The molecule has 0 heterocycles. The van der Waals surface area contributed by atoms with Crippen LogP contribution in [0.2, 0.25) is 0 Å². The largest absolute Gasteiger partial charge is 0.461 e. The molecule has 0 bridgehead atoms. The van der Waals surface area contributed by atoms with E-state index in [1.165, 1.54) is 5.57 Å². The zero-order chi connectivity index (χ0) is 21.0. The number of carbonyl (C=O) groups is 3. The molecule has 6 heteroatoms. The van der Waals surface area contributed by atoms with Gasteiger partial charge in [-0.2, -0.15) is 0 Å². The van der Waals surface area contributed by atoms with Gasteiger partial charge >= 0.3 is 5.97 Å². The molecule has 0 unspecified atom stereocenters. The van der Waals surface area contributed by atoms with Gasteiger partial charge in [-0.25, -0.2) is 0 Å². The van der Waals surface area contributed by atoms with E-state index in [9.17, 15) is 14.4 Å². The molecule has 4 aliphatic carbocycles. The second-order valence-electron chi connectivity index (χ2n) is 10.3. The van der Waals surface area contributed by atoms with Gasteiger partial charge in [0, 0.05) is 18.3 Å². The van der Waals surface area contributed by atoms with Crippen LogP contribution >= 0.6 is 0 Å². The molecule has 0 spiro atoms. The Morgan fingerprint density at radius 3 is 2.59 bits per heavy atom. The summed E-state index contributed by atoms with van der Waals surface area (Å²) in [6.07, 6.45) is 9.52. The van der Waals surface area contributed by atoms with Gasteiger partial charge < -0.3 is 16.2 Å². The van der Waals surface area contributed by atoms with E-state index in [-0.39, 0.29) is 23.4 Å². The molecular formula is C23H34N2O4. The summed E-state index contributed by atoms with van der Waals surface area (Å²) in [5, 5.41) is 0. The summed E-state index contributed by atoms with van der Waals surface area (Å²) in [6, 6.07) is -0.985. The highest BCUT2D eigenvalue weighted by molar-refractivity contribution is 5.87. The molecule has 4 N–H and O–H groups in total. The third kappa shape index (κ3) is 3.33. The van der Waals surface area contributed by atoms with Crippen molar-refractivity contribution in [2.45, 2.75) is 83.8 Å². The molecule has 3 saturated carbocycles. The number of allylic oxidation sites excluding steroid dienone is 1. The highest BCUT2D eigenvalue weighted by Crippen LogP contribution is 2.64. The number of ketones is 1. The predicted octanol–water partition coefficient (Wildman–Crippen LogP) is 2.63. The van der Waals surface area contributed by atoms with Gasteiger partial charge in [0.1, 0.15) is 17.9 Å². The van der Waals surface area contributed by atoms with Gasteiger partial charge in [0.2, 0.25) is 5.91 Å². The van der Waals surface area contributed by atoms with Crippen LogP contribution in [0.25, 0.3) is 0 Å². The SMILES string of the molecule is C[C@]12CC[C@H](OC(=O)[C@@H](N)CC(N)=O)CC1=CC[C@@H]1[C@@H]2CC[C@]2(C)C(=O)CC[C@@H]12. The Balaban J connectivity index is 1.46. The fourth-order valence-electron chi connectivity index (χ4n) is 7.05. The maximum atomic E-state index is 12.5. The summed E-state index contributed by atoms with van der Waals surface area (Å²) in [6.45, 7) is 4.59. The Labute approximate surface area is 172 Å². The molecule has 0 radical (unpaired) electrons. The van der Waals surface area contributed by atoms with Crippen molar-refractivity contribution in [1.82, 2.24) is 0 Å². The van der Waals surface area contributed by atoms with Gasteiger partial charge in [-0.1, -0.05) is 25.5 Å². The average molecular weight is 403 g/mol. The molecule has 3 fully saturated rings.